The van der Waals surface area contributed by atoms with Crippen molar-refractivity contribution in [1.82, 2.24) is 24.4 Å². The Morgan fingerprint density at radius 1 is 0.838 bits per heavy atom. The van der Waals surface area contributed by atoms with E-state index in [2.05, 4.69) is 43.0 Å². The number of fused-ring (bicyclic) bond motifs is 1. The number of rotatable bonds is 4. The highest BCUT2D eigenvalue weighted by Gasteiger charge is 2.17. The molecule has 6 nitrogen and oxygen atoms in total. The molecule has 182 valence electrons. The Hall–Kier alpha value is -4.36. The van der Waals surface area contributed by atoms with Gasteiger partial charge in [-0.25, -0.2) is 4.68 Å². The number of hydrogen-bond donors (Lipinski definition) is 0. The minimum Gasteiger partial charge on any atom is -0.266 e. The molecule has 0 spiro atoms. The van der Waals surface area contributed by atoms with Gasteiger partial charge in [0.2, 0.25) is 4.96 Å². The van der Waals surface area contributed by atoms with Gasteiger partial charge in [-0.3, -0.25) is 4.79 Å². The molecule has 0 amide bonds. The summed E-state index contributed by atoms with van der Waals surface area (Å²) in [5, 5.41) is 9.49. The van der Waals surface area contributed by atoms with Crippen LogP contribution >= 0.6 is 11.3 Å². The third-order valence-electron chi connectivity index (χ3n) is 6.46. The molecule has 0 atom stereocenters. The van der Waals surface area contributed by atoms with E-state index in [0.717, 1.165) is 44.8 Å². The highest BCUT2D eigenvalue weighted by molar-refractivity contribution is 7.15. The molecule has 0 saturated heterocycles. The Morgan fingerprint density at radius 3 is 2.22 bits per heavy atom. The molecule has 0 fully saturated rings. The summed E-state index contributed by atoms with van der Waals surface area (Å²) in [5.74, 6) is 0.554. The fourth-order valence-corrected chi connectivity index (χ4v) is 5.65. The molecular formula is C30H25N5OS. The highest BCUT2D eigenvalue weighted by atomic mass is 32.1. The number of aryl methyl sites for hydroxylation is 4. The molecule has 0 bridgehead atoms. The van der Waals surface area contributed by atoms with Crippen molar-refractivity contribution in [2.24, 2.45) is 0 Å². The van der Waals surface area contributed by atoms with Gasteiger partial charge in [0, 0.05) is 22.9 Å². The Kier molecular flexibility index (Phi) is 5.57. The first-order chi connectivity index (χ1) is 17.9. The zero-order valence-corrected chi connectivity index (χ0v) is 21.9. The van der Waals surface area contributed by atoms with Gasteiger partial charge in [0.05, 0.1) is 10.2 Å². The van der Waals surface area contributed by atoms with Crippen LogP contribution in [0.2, 0.25) is 0 Å². The molecule has 3 aromatic carbocycles. The topological polar surface area (TPSA) is 65.1 Å². The monoisotopic (exact) mass is 503 g/mol. The third kappa shape index (κ3) is 4.17. The van der Waals surface area contributed by atoms with Gasteiger partial charge in [0.25, 0.3) is 5.56 Å². The third-order valence-corrected chi connectivity index (χ3v) is 7.41. The molecule has 0 aliphatic carbocycles. The van der Waals surface area contributed by atoms with Crippen LogP contribution in [-0.2, 0) is 0 Å². The normalized spacial score (nSPS) is 12.1. The van der Waals surface area contributed by atoms with Gasteiger partial charge < -0.3 is 0 Å². The van der Waals surface area contributed by atoms with E-state index in [9.17, 15) is 4.79 Å². The average molecular weight is 504 g/mol. The summed E-state index contributed by atoms with van der Waals surface area (Å²) in [6.07, 6.45) is 3.89. The highest BCUT2D eigenvalue weighted by Crippen LogP contribution is 2.31. The van der Waals surface area contributed by atoms with Crippen molar-refractivity contribution in [3.05, 3.63) is 116 Å². The molecular weight excluding hydrogens is 478 g/mol. The molecule has 0 aliphatic rings. The zero-order valence-electron chi connectivity index (χ0n) is 21.1. The summed E-state index contributed by atoms with van der Waals surface area (Å²) in [6, 6.07) is 22.3. The second-order valence-corrected chi connectivity index (χ2v) is 10.4. The minimum atomic E-state index is -0.179. The van der Waals surface area contributed by atoms with Crippen molar-refractivity contribution in [1.29, 1.82) is 0 Å². The van der Waals surface area contributed by atoms with Gasteiger partial charge in [-0.1, -0.05) is 77.1 Å². The summed E-state index contributed by atoms with van der Waals surface area (Å²) in [7, 11) is 0. The molecule has 0 N–H and O–H groups in total. The smallest absolute Gasteiger partial charge is 0.266 e. The Bertz CT molecular complexity index is 1860. The van der Waals surface area contributed by atoms with E-state index < -0.39 is 0 Å². The van der Waals surface area contributed by atoms with Gasteiger partial charge in [-0.05, 0) is 57.0 Å². The van der Waals surface area contributed by atoms with Crippen molar-refractivity contribution < 1.29 is 0 Å². The van der Waals surface area contributed by atoms with Crippen LogP contribution < -0.4 is 10.1 Å². The van der Waals surface area contributed by atoms with Crippen molar-refractivity contribution in [2.75, 3.05) is 0 Å². The SMILES string of the molecule is Cc1ccc(-c2nc3s/c(=C\c4cn(-c5ccccc5)nc4-c4c(C)cc(C)cc4C)c(=O)n3n2)cc1. The number of nitrogens with zero attached hydrogens (tertiary/aromatic N) is 5. The van der Waals surface area contributed by atoms with Crippen molar-refractivity contribution >= 4 is 22.4 Å². The molecule has 37 heavy (non-hydrogen) atoms. The lowest BCUT2D eigenvalue weighted by Gasteiger charge is -2.10. The Morgan fingerprint density at radius 2 is 1.54 bits per heavy atom. The molecule has 6 aromatic rings. The summed E-state index contributed by atoms with van der Waals surface area (Å²) < 4.78 is 3.84. The van der Waals surface area contributed by atoms with Crippen LogP contribution in [0.5, 0.6) is 0 Å². The lowest BCUT2D eigenvalue weighted by atomic mass is 9.95. The van der Waals surface area contributed by atoms with E-state index in [4.69, 9.17) is 5.10 Å². The number of hydrogen-bond acceptors (Lipinski definition) is 5. The van der Waals surface area contributed by atoms with Crippen LogP contribution in [0, 0.1) is 27.7 Å². The van der Waals surface area contributed by atoms with E-state index >= 15 is 0 Å². The largest absolute Gasteiger partial charge is 0.291 e. The van der Waals surface area contributed by atoms with E-state index in [1.165, 1.54) is 21.4 Å². The van der Waals surface area contributed by atoms with Crippen molar-refractivity contribution in [3.8, 4) is 28.3 Å². The number of benzene rings is 3. The van der Waals surface area contributed by atoms with Crippen molar-refractivity contribution in [3.63, 3.8) is 0 Å². The molecule has 0 unspecified atom stereocenters. The van der Waals surface area contributed by atoms with Gasteiger partial charge in [0.1, 0.15) is 5.69 Å². The van der Waals surface area contributed by atoms with Gasteiger partial charge >= 0.3 is 0 Å². The molecule has 7 heteroatoms. The maximum absolute atomic E-state index is 13.3. The van der Waals surface area contributed by atoms with Crippen molar-refractivity contribution in [2.45, 2.75) is 27.7 Å². The summed E-state index contributed by atoms with van der Waals surface area (Å²) in [5.41, 5.74) is 9.15. The van der Waals surface area contributed by atoms with Crippen LogP contribution in [-0.4, -0.2) is 24.4 Å². The first-order valence-electron chi connectivity index (χ1n) is 12.1. The Labute approximate surface area is 218 Å². The summed E-state index contributed by atoms with van der Waals surface area (Å²) >= 11 is 1.34. The predicted molar refractivity (Wildman–Crippen MR) is 149 cm³/mol. The average Bonchev–Trinajstić information content (AvgIpc) is 3.55. The van der Waals surface area contributed by atoms with E-state index in [1.54, 1.807) is 0 Å². The van der Waals surface area contributed by atoms with Gasteiger partial charge in [0.15, 0.2) is 5.82 Å². The lowest BCUT2D eigenvalue weighted by molar-refractivity contribution is 0.883. The van der Waals surface area contributed by atoms with E-state index in [-0.39, 0.29) is 5.56 Å². The minimum absolute atomic E-state index is 0.179. The Balaban J connectivity index is 1.52. The first-order valence-corrected chi connectivity index (χ1v) is 12.9. The van der Waals surface area contributed by atoms with Crippen LogP contribution in [0.3, 0.4) is 0 Å². The molecule has 0 radical (unpaired) electrons. The molecule has 3 aromatic heterocycles. The maximum atomic E-state index is 13.3. The van der Waals surface area contributed by atoms with Crippen LogP contribution in [0.1, 0.15) is 27.8 Å². The number of para-hydroxylation sites is 1. The van der Waals surface area contributed by atoms with Crippen LogP contribution in [0.15, 0.2) is 77.7 Å². The van der Waals surface area contributed by atoms with Gasteiger partial charge in [-0.2, -0.15) is 14.6 Å². The number of thiazole rings is 1. The predicted octanol–water partition coefficient (Wildman–Crippen LogP) is 5.45. The second-order valence-electron chi connectivity index (χ2n) is 9.40. The van der Waals surface area contributed by atoms with E-state index in [1.807, 2.05) is 78.5 Å². The zero-order chi connectivity index (χ0) is 25.7. The van der Waals surface area contributed by atoms with Crippen LogP contribution in [0.25, 0.3) is 39.4 Å². The molecule has 6 rings (SSSR count). The quantitative estimate of drug-likeness (QED) is 0.321. The van der Waals surface area contributed by atoms with Gasteiger partial charge in [-0.15, -0.1) is 5.10 Å². The maximum Gasteiger partial charge on any atom is 0.291 e. The molecule has 0 saturated carbocycles. The second kappa shape index (κ2) is 8.94. The summed E-state index contributed by atoms with van der Waals surface area (Å²) in [4.78, 5) is 18.6. The van der Waals surface area contributed by atoms with Crippen LogP contribution in [0.4, 0.5) is 0 Å². The standard InChI is InChI=1S/C30H25N5OS/c1-18-10-12-22(13-11-18)28-31-30-35(33-28)29(36)25(37-30)16-23-17-34(24-8-6-5-7-9-24)32-27(23)26-20(3)14-19(2)15-21(26)4/h5-17H,1-4H3/b25-16-. The first kappa shape index (κ1) is 23.1. The fraction of sp³-hybridized carbons (Fsp3) is 0.133. The summed E-state index contributed by atoms with van der Waals surface area (Å²) in [6.45, 7) is 8.35. The number of aromatic nitrogens is 5. The van der Waals surface area contributed by atoms with E-state index in [0.29, 0.717) is 15.3 Å². The lowest BCUT2D eigenvalue weighted by Crippen LogP contribution is -2.23. The molecule has 0 aliphatic heterocycles. The fourth-order valence-electron chi connectivity index (χ4n) is 4.75. The molecule has 3 heterocycles.